The summed E-state index contributed by atoms with van der Waals surface area (Å²) in [6.45, 7) is 3.04. The molecule has 2 aromatic rings. The Morgan fingerprint density at radius 2 is 1.97 bits per heavy atom. The molecule has 1 saturated carbocycles. The average molecular weight is 595 g/mol. The monoisotopic (exact) mass is 594 g/mol. The van der Waals surface area contributed by atoms with E-state index in [1.165, 1.54) is 30.2 Å². The molecule has 14 heteroatoms. The number of rotatable bonds is 10. The van der Waals surface area contributed by atoms with Gasteiger partial charge in [-0.2, -0.15) is 18.3 Å². The topological polar surface area (TPSA) is 123 Å². The molecule has 39 heavy (non-hydrogen) atoms. The molecule has 0 saturated heterocycles. The maximum atomic E-state index is 13.1. The van der Waals surface area contributed by atoms with Crippen molar-refractivity contribution in [2.45, 2.75) is 63.5 Å². The summed E-state index contributed by atoms with van der Waals surface area (Å²) < 4.78 is 69.7. The maximum absolute atomic E-state index is 13.1. The number of alkyl halides is 3. The number of nitrogens with one attached hydrogen (secondary N) is 2. The highest BCUT2D eigenvalue weighted by atomic mass is 35.5. The number of methoxy groups -OCH3 is 1. The standard InChI is InChI=1S/C25H34ClF3N4O5S/c1-5-33-22(18-7-6-16(12-19(18)38-3)31-15(2)25(27,28)29)20(26)21(32-33)23(35)30-13-24(14-34)10-8-17(9-11-24)39(4,36)37/h6-7,12,15,17,31,34H,5,8-11,13-14H2,1-4H3,(H,30,35)/t15-,17?,24?/m1/s1. The number of hydrogen-bond acceptors (Lipinski definition) is 7. The fraction of sp³-hybridized carbons (Fsp3) is 0.600. The van der Waals surface area contributed by atoms with Gasteiger partial charge < -0.3 is 20.5 Å². The zero-order valence-electron chi connectivity index (χ0n) is 22.2. The molecule has 1 amide bonds. The second-order valence-electron chi connectivity index (χ2n) is 10.0. The first-order chi connectivity index (χ1) is 18.2. The number of benzene rings is 1. The van der Waals surface area contributed by atoms with E-state index in [1.54, 1.807) is 13.0 Å². The van der Waals surface area contributed by atoms with Crippen molar-refractivity contribution in [3.05, 3.63) is 28.9 Å². The second-order valence-corrected chi connectivity index (χ2v) is 12.7. The Morgan fingerprint density at radius 1 is 1.33 bits per heavy atom. The van der Waals surface area contributed by atoms with E-state index in [9.17, 15) is 31.5 Å². The number of aliphatic hydroxyl groups excluding tert-OH is 1. The highest BCUT2D eigenvalue weighted by molar-refractivity contribution is 7.91. The fourth-order valence-electron chi connectivity index (χ4n) is 4.75. The molecule has 1 aliphatic rings. The SMILES string of the molecule is CCn1nc(C(=O)NCC2(CO)CCC(S(C)(=O)=O)CC2)c(Cl)c1-c1ccc(N[C@H](C)C(F)(F)F)cc1OC. The van der Waals surface area contributed by atoms with Crippen molar-refractivity contribution in [1.82, 2.24) is 15.1 Å². The first-order valence-corrected chi connectivity index (χ1v) is 14.8. The van der Waals surface area contributed by atoms with Gasteiger partial charge in [0.2, 0.25) is 0 Å². The molecule has 0 unspecified atom stereocenters. The van der Waals surface area contributed by atoms with Crippen molar-refractivity contribution in [1.29, 1.82) is 0 Å². The summed E-state index contributed by atoms with van der Waals surface area (Å²) in [5, 5.41) is 19.2. The minimum atomic E-state index is -4.43. The van der Waals surface area contributed by atoms with Gasteiger partial charge >= 0.3 is 6.18 Å². The molecular formula is C25H34ClF3N4O5S. The van der Waals surface area contributed by atoms with Gasteiger partial charge in [-0.3, -0.25) is 9.48 Å². The molecule has 1 heterocycles. The second kappa shape index (κ2) is 11.9. The van der Waals surface area contributed by atoms with Gasteiger partial charge in [-0.25, -0.2) is 8.42 Å². The zero-order valence-corrected chi connectivity index (χ0v) is 23.8. The average Bonchev–Trinajstić information content (AvgIpc) is 3.22. The molecule has 0 bridgehead atoms. The van der Waals surface area contributed by atoms with Crippen LogP contribution in [0.3, 0.4) is 0 Å². The van der Waals surface area contributed by atoms with Gasteiger partial charge in [0.1, 0.15) is 21.6 Å². The minimum absolute atomic E-state index is 0.0378. The van der Waals surface area contributed by atoms with Gasteiger partial charge in [0, 0.05) is 42.1 Å². The lowest BCUT2D eigenvalue weighted by Gasteiger charge is -2.38. The zero-order chi connectivity index (χ0) is 29.2. The molecule has 1 atom stereocenters. The summed E-state index contributed by atoms with van der Waals surface area (Å²) in [5.41, 5.74) is 0.284. The third-order valence-electron chi connectivity index (χ3n) is 7.30. The Hall–Kier alpha value is -2.51. The van der Waals surface area contributed by atoms with Crippen LogP contribution in [-0.2, 0) is 16.4 Å². The van der Waals surface area contributed by atoms with Crippen LogP contribution in [0, 0.1) is 5.41 Å². The van der Waals surface area contributed by atoms with Gasteiger partial charge in [0.05, 0.1) is 29.7 Å². The number of halogens is 4. The molecule has 0 radical (unpaired) electrons. The van der Waals surface area contributed by atoms with Gasteiger partial charge in [0.25, 0.3) is 5.91 Å². The van der Waals surface area contributed by atoms with Crippen LogP contribution in [0.5, 0.6) is 5.75 Å². The molecule has 1 aromatic heterocycles. The summed E-state index contributed by atoms with van der Waals surface area (Å²) in [6, 6.07) is 2.64. The highest BCUT2D eigenvalue weighted by Gasteiger charge is 2.39. The van der Waals surface area contributed by atoms with Crippen LogP contribution in [0.15, 0.2) is 18.2 Å². The largest absolute Gasteiger partial charge is 0.496 e. The third kappa shape index (κ3) is 6.98. The van der Waals surface area contributed by atoms with E-state index in [4.69, 9.17) is 16.3 Å². The van der Waals surface area contributed by atoms with Crippen molar-refractivity contribution in [2.24, 2.45) is 5.41 Å². The van der Waals surface area contributed by atoms with Crippen LogP contribution < -0.4 is 15.4 Å². The quantitative estimate of drug-likeness (QED) is 0.375. The van der Waals surface area contributed by atoms with E-state index in [2.05, 4.69) is 15.7 Å². The third-order valence-corrected chi connectivity index (χ3v) is 9.34. The highest BCUT2D eigenvalue weighted by Crippen LogP contribution is 2.40. The van der Waals surface area contributed by atoms with Crippen LogP contribution >= 0.6 is 11.6 Å². The Balaban J connectivity index is 1.83. The van der Waals surface area contributed by atoms with Crippen molar-refractivity contribution in [3.63, 3.8) is 0 Å². The van der Waals surface area contributed by atoms with Gasteiger partial charge in [-0.05, 0) is 51.7 Å². The number of sulfone groups is 1. The molecule has 218 valence electrons. The maximum Gasteiger partial charge on any atom is 0.408 e. The summed E-state index contributed by atoms with van der Waals surface area (Å²) in [4.78, 5) is 13.1. The molecule has 1 aromatic carbocycles. The first-order valence-electron chi connectivity index (χ1n) is 12.5. The van der Waals surface area contributed by atoms with Crippen LogP contribution in [-0.4, -0.2) is 73.2 Å². The predicted octanol–water partition coefficient (Wildman–Crippen LogP) is 4.29. The minimum Gasteiger partial charge on any atom is -0.496 e. The lowest BCUT2D eigenvalue weighted by Crippen LogP contribution is -2.44. The normalized spacial score (nSPS) is 20.9. The van der Waals surface area contributed by atoms with Crippen LogP contribution in [0.4, 0.5) is 18.9 Å². The van der Waals surface area contributed by atoms with E-state index in [0.717, 1.165) is 6.92 Å². The Labute approximate surface area is 231 Å². The van der Waals surface area contributed by atoms with Gasteiger partial charge in [-0.15, -0.1) is 0 Å². The summed E-state index contributed by atoms with van der Waals surface area (Å²) in [6.07, 6.45) is -1.55. The molecule has 1 aliphatic carbocycles. The van der Waals surface area contributed by atoms with E-state index in [-0.39, 0.29) is 35.3 Å². The summed E-state index contributed by atoms with van der Waals surface area (Å²) >= 11 is 6.63. The number of aliphatic hydroxyl groups is 1. The van der Waals surface area contributed by atoms with Crippen molar-refractivity contribution in [2.75, 3.05) is 31.8 Å². The molecular weight excluding hydrogens is 561 g/mol. The van der Waals surface area contributed by atoms with E-state index in [0.29, 0.717) is 43.5 Å². The first kappa shape index (κ1) is 31.0. The number of hydrogen-bond donors (Lipinski definition) is 3. The smallest absolute Gasteiger partial charge is 0.408 e. The number of ether oxygens (including phenoxy) is 1. The van der Waals surface area contributed by atoms with Gasteiger partial charge in [0.15, 0.2) is 5.69 Å². The van der Waals surface area contributed by atoms with Crippen LogP contribution in [0.25, 0.3) is 11.3 Å². The number of carbonyl (C=O) groups is 1. The lowest BCUT2D eigenvalue weighted by molar-refractivity contribution is -0.138. The molecule has 0 spiro atoms. The van der Waals surface area contributed by atoms with Crippen molar-refractivity contribution < 1.29 is 36.2 Å². The molecule has 9 nitrogen and oxygen atoms in total. The molecule has 1 fully saturated rings. The van der Waals surface area contributed by atoms with Crippen LogP contribution in [0.1, 0.15) is 50.0 Å². The van der Waals surface area contributed by atoms with Crippen LogP contribution in [0.2, 0.25) is 5.02 Å². The summed E-state index contributed by atoms with van der Waals surface area (Å²) in [5.74, 6) is -0.331. The van der Waals surface area contributed by atoms with E-state index >= 15 is 0 Å². The number of carbonyl (C=O) groups excluding carboxylic acids is 1. The number of aryl methyl sites for hydroxylation is 1. The summed E-state index contributed by atoms with van der Waals surface area (Å²) in [7, 11) is -1.81. The van der Waals surface area contributed by atoms with E-state index < -0.39 is 38.6 Å². The molecule has 3 rings (SSSR count). The number of nitrogens with zero attached hydrogens (tertiary/aromatic N) is 2. The molecule has 3 N–H and O–H groups in total. The number of anilines is 1. The Morgan fingerprint density at radius 3 is 2.49 bits per heavy atom. The van der Waals surface area contributed by atoms with Crippen molar-refractivity contribution in [3.8, 4) is 17.0 Å². The number of amides is 1. The van der Waals surface area contributed by atoms with E-state index in [1.807, 2.05) is 0 Å². The Kier molecular flexibility index (Phi) is 9.49. The lowest BCUT2D eigenvalue weighted by atomic mass is 9.74. The number of aromatic nitrogens is 2. The molecule has 0 aliphatic heterocycles. The fourth-order valence-corrected chi connectivity index (χ4v) is 6.17. The predicted molar refractivity (Wildman–Crippen MR) is 143 cm³/mol. The van der Waals surface area contributed by atoms with Crippen molar-refractivity contribution >= 4 is 33.0 Å². The Bertz CT molecular complexity index is 1290. The van der Waals surface area contributed by atoms with Gasteiger partial charge in [-0.1, -0.05) is 11.6 Å².